The Labute approximate surface area is 121 Å². The first kappa shape index (κ1) is 13.4. The van der Waals surface area contributed by atoms with Gasteiger partial charge in [0.25, 0.3) is 0 Å². The summed E-state index contributed by atoms with van der Waals surface area (Å²) in [6, 6.07) is 9.30. The lowest BCUT2D eigenvalue weighted by Crippen LogP contribution is -2.14. The van der Waals surface area contributed by atoms with Crippen molar-refractivity contribution in [2.75, 3.05) is 6.54 Å². The van der Waals surface area contributed by atoms with Crippen molar-refractivity contribution in [1.82, 2.24) is 15.1 Å². The van der Waals surface area contributed by atoms with E-state index in [4.69, 9.17) is 5.10 Å². The Morgan fingerprint density at radius 1 is 1.30 bits per heavy atom. The van der Waals surface area contributed by atoms with Crippen molar-refractivity contribution in [3.63, 3.8) is 0 Å². The number of benzene rings is 1. The molecule has 1 aliphatic rings. The fourth-order valence-corrected chi connectivity index (χ4v) is 3.20. The zero-order valence-electron chi connectivity index (χ0n) is 12.6. The third-order valence-corrected chi connectivity index (χ3v) is 4.35. The van der Waals surface area contributed by atoms with Gasteiger partial charge >= 0.3 is 0 Å². The van der Waals surface area contributed by atoms with Gasteiger partial charge in [0.2, 0.25) is 0 Å². The van der Waals surface area contributed by atoms with Gasteiger partial charge in [-0.1, -0.05) is 31.2 Å². The van der Waals surface area contributed by atoms with Crippen LogP contribution in [0, 0.1) is 6.92 Å². The van der Waals surface area contributed by atoms with Crippen LogP contribution in [0.1, 0.15) is 42.6 Å². The van der Waals surface area contributed by atoms with E-state index in [0.29, 0.717) is 6.04 Å². The Morgan fingerprint density at radius 3 is 2.65 bits per heavy atom. The summed E-state index contributed by atoms with van der Waals surface area (Å²) in [6.45, 7) is 5.50. The van der Waals surface area contributed by atoms with Crippen molar-refractivity contribution in [1.29, 1.82) is 0 Å². The molecule has 0 aliphatic carbocycles. The van der Waals surface area contributed by atoms with E-state index in [9.17, 15) is 0 Å². The van der Waals surface area contributed by atoms with Crippen molar-refractivity contribution in [3.05, 3.63) is 41.1 Å². The normalized spacial score (nSPS) is 18.6. The maximum atomic E-state index is 4.77. The minimum atomic E-state index is 0.435. The van der Waals surface area contributed by atoms with Gasteiger partial charge in [0.05, 0.1) is 17.4 Å². The molecule has 0 radical (unpaired) electrons. The van der Waals surface area contributed by atoms with E-state index >= 15 is 0 Å². The van der Waals surface area contributed by atoms with E-state index in [1.54, 1.807) is 0 Å². The molecule has 1 N–H and O–H groups in total. The SMILES string of the molecule is CCc1ccc(-c2c(C)c(C3CCCN3)nn2C)cc1. The second-order valence-corrected chi connectivity index (χ2v) is 5.68. The average Bonchev–Trinajstić information content (AvgIpc) is 3.07. The quantitative estimate of drug-likeness (QED) is 0.925. The van der Waals surface area contributed by atoms with Crippen LogP contribution in [0.3, 0.4) is 0 Å². The average molecular weight is 269 g/mol. The monoisotopic (exact) mass is 269 g/mol. The Balaban J connectivity index is 2.00. The fraction of sp³-hybridized carbons (Fsp3) is 0.471. The summed E-state index contributed by atoms with van der Waals surface area (Å²) in [5.41, 5.74) is 6.43. The molecule has 0 amide bonds. The van der Waals surface area contributed by atoms with Gasteiger partial charge in [0.15, 0.2) is 0 Å². The van der Waals surface area contributed by atoms with Gasteiger partial charge in [0, 0.05) is 12.6 Å². The molecule has 0 bridgehead atoms. The van der Waals surface area contributed by atoms with Crippen LogP contribution in [0.4, 0.5) is 0 Å². The Hall–Kier alpha value is -1.61. The van der Waals surface area contributed by atoms with Gasteiger partial charge in [-0.3, -0.25) is 4.68 Å². The fourth-order valence-electron chi connectivity index (χ4n) is 3.20. The van der Waals surface area contributed by atoms with Crippen LogP contribution in [-0.2, 0) is 13.5 Å². The molecule has 0 saturated carbocycles. The molecule has 1 aromatic heterocycles. The topological polar surface area (TPSA) is 29.9 Å². The van der Waals surface area contributed by atoms with Crippen LogP contribution in [0.2, 0.25) is 0 Å². The van der Waals surface area contributed by atoms with Crippen LogP contribution in [0.5, 0.6) is 0 Å². The highest BCUT2D eigenvalue weighted by Gasteiger charge is 2.23. The molecule has 1 aromatic carbocycles. The number of rotatable bonds is 3. The summed E-state index contributed by atoms with van der Waals surface area (Å²) in [4.78, 5) is 0. The molecule has 3 nitrogen and oxygen atoms in total. The molecule has 2 aromatic rings. The van der Waals surface area contributed by atoms with Gasteiger partial charge in [-0.25, -0.2) is 0 Å². The number of nitrogens with one attached hydrogen (secondary N) is 1. The summed E-state index contributed by atoms with van der Waals surface area (Å²) in [5, 5.41) is 8.31. The molecule has 0 spiro atoms. The summed E-state index contributed by atoms with van der Waals surface area (Å²) >= 11 is 0. The van der Waals surface area contributed by atoms with Crippen LogP contribution >= 0.6 is 0 Å². The van der Waals surface area contributed by atoms with E-state index in [2.05, 4.69) is 50.5 Å². The van der Waals surface area contributed by atoms with Gasteiger partial charge in [-0.15, -0.1) is 0 Å². The number of aryl methyl sites for hydroxylation is 2. The van der Waals surface area contributed by atoms with Crippen molar-refractivity contribution in [2.45, 2.75) is 39.2 Å². The number of hydrogen-bond donors (Lipinski definition) is 1. The standard InChI is InChI=1S/C17H23N3/c1-4-13-7-9-14(10-8-13)17-12(2)16(19-20(17)3)15-6-5-11-18-15/h7-10,15,18H,4-6,11H2,1-3H3. The van der Waals surface area contributed by atoms with Crippen LogP contribution in [0.25, 0.3) is 11.3 Å². The molecule has 1 atom stereocenters. The molecule has 1 aliphatic heterocycles. The molecule has 20 heavy (non-hydrogen) atoms. The maximum absolute atomic E-state index is 4.77. The van der Waals surface area contributed by atoms with Gasteiger partial charge in [-0.05, 0) is 43.9 Å². The molecule has 1 unspecified atom stereocenters. The largest absolute Gasteiger partial charge is 0.309 e. The summed E-state index contributed by atoms with van der Waals surface area (Å²) in [5.74, 6) is 0. The Kier molecular flexibility index (Phi) is 3.62. The third-order valence-electron chi connectivity index (χ3n) is 4.35. The molecule has 1 fully saturated rings. The predicted molar refractivity (Wildman–Crippen MR) is 82.7 cm³/mol. The summed E-state index contributed by atoms with van der Waals surface area (Å²) < 4.78 is 2.03. The van der Waals surface area contributed by atoms with Crippen molar-refractivity contribution < 1.29 is 0 Å². The maximum Gasteiger partial charge on any atom is 0.0829 e. The van der Waals surface area contributed by atoms with Gasteiger partial charge in [-0.2, -0.15) is 5.10 Å². The van der Waals surface area contributed by atoms with Gasteiger partial charge < -0.3 is 5.32 Å². The van der Waals surface area contributed by atoms with Crippen molar-refractivity contribution >= 4 is 0 Å². The molecular formula is C17H23N3. The molecular weight excluding hydrogens is 246 g/mol. The molecule has 3 rings (SSSR count). The van der Waals surface area contributed by atoms with Crippen LogP contribution < -0.4 is 5.32 Å². The van der Waals surface area contributed by atoms with E-state index in [-0.39, 0.29) is 0 Å². The predicted octanol–water partition coefficient (Wildman–Crippen LogP) is 3.38. The van der Waals surface area contributed by atoms with Crippen molar-refractivity contribution in [3.8, 4) is 11.3 Å². The van der Waals surface area contributed by atoms with Crippen LogP contribution in [0.15, 0.2) is 24.3 Å². The molecule has 3 heteroatoms. The first-order chi connectivity index (χ1) is 9.70. The molecule has 106 valence electrons. The number of hydrogen-bond acceptors (Lipinski definition) is 2. The van der Waals surface area contributed by atoms with Gasteiger partial charge in [0.1, 0.15) is 0 Å². The first-order valence-corrected chi connectivity index (χ1v) is 7.57. The third kappa shape index (κ3) is 2.27. The Bertz CT molecular complexity index is 589. The second kappa shape index (κ2) is 5.41. The minimum absolute atomic E-state index is 0.435. The summed E-state index contributed by atoms with van der Waals surface area (Å²) in [7, 11) is 2.05. The molecule has 2 heterocycles. The zero-order chi connectivity index (χ0) is 14.1. The smallest absolute Gasteiger partial charge is 0.0829 e. The Morgan fingerprint density at radius 2 is 2.05 bits per heavy atom. The lowest BCUT2D eigenvalue weighted by Gasteiger charge is -2.08. The zero-order valence-corrected chi connectivity index (χ0v) is 12.6. The van der Waals surface area contributed by atoms with E-state index in [0.717, 1.165) is 13.0 Å². The highest BCUT2D eigenvalue weighted by molar-refractivity contribution is 5.65. The number of aromatic nitrogens is 2. The van der Waals surface area contributed by atoms with Crippen LogP contribution in [-0.4, -0.2) is 16.3 Å². The lowest BCUT2D eigenvalue weighted by molar-refractivity contribution is 0.605. The highest BCUT2D eigenvalue weighted by atomic mass is 15.3. The van der Waals surface area contributed by atoms with E-state index < -0.39 is 0 Å². The first-order valence-electron chi connectivity index (χ1n) is 7.57. The number of nitrogens with zero attached hydrogens (tertiary/aromatic N) is 2. The second-order valence-electron chi connectivity index (χ2n) is 5.68. The van der Waals surface area contributed by atoms with Crippen molar-refractivity contribution in [2.24, 2.45) is 7.05 Å². The highest BCUT2D eigenvalue weighted by Crippen LogP contribution is 2.31. The van der Waals surface area contributed by atoms with E-state index in [1.807, 2.05) is 4.68 Å². The minimum Gasteiger partial charge on any atom is -0.309 e. The summed E-state index contributed by atoms with van der Waals surface area (Å²) in [6.07, 6.45) is 3.54. The lowest BCUT2D eigenvalue weighted by atomic mass is 10.0. The van der Waals surface area contributed by atoms with E-state index in [1.165, 1.54) is 40.9 Å². The molecule has 1 saturated heterocycles.